The molecule has 4 rings (SSSR count). The minimum absolute atomic E-state index is 0.285. The Labute approximate surface area is 103 Å². The molecule has 18 heavy (non-hydrogen) atoms. The summed E-state index contributed by atoms with van der Waals surface area (Å²) < 4.78 is 0. The second-order valence-electron chi connectivity index (χ2n) is 4.74. The average Bonchev–Trinajstić information content (AvgIpc) is 2.85. The van der Waals surface area contributed by atoms with Crippen LogP contribution in [0.1, 0.15) is 17.5 Å². The van der Waals surface area contributed by atoms with Crippen LogP contribution in [0.5, 0.6) is 0 Å². The van der Waals surface area contributed by atoms with E-state index >= 15 is 0 Å². The van der Waals surface area contributed by atoms with E-state index in [4.69, 9.17) is 0 Å². The minimum Gasteiger partial charge on any atom is -0.299 e. The molecule has 2 aromatic rings. The summed E-state index contributed by atoms with van der Waals surface area (Å²) in [5, 5.41) is 12.4. The number of nitrogens with zero attached hydrogens (tertiary/aromatic N) is 2. The van der Waals surface area contributed by atoms with Gasteiger partial charge in [-0.05, 0) is 39.8 Å². The Balaban J connectivity index is 2.14. The largest absolute Gasteiger partial charge is 0.299 e. The summed E-state index contributed by atoms with van der Waals surface area (Å²) in [5.74, 6) is 0.285. The number of benzene rings is 2. The SMILES string of the molecule is O=C1CC=c2cc3ccc4c(c3cc2C1)C=NN=4. The van der Waals surface area contributed by atoms with Crippen LogP contribution in [-0.2, 0) is 11.2 Å². The van der Waals surface area contributed by atoms with Gasteiger partial charge in [0.25, 0.3) is 0 Å². The molecule has 2 aliphatic rings. The topological polar surface area (TPSA) is 41.8 Å². The first-order valence-corrected chi connectivity index (χ1v) is 6.00. The Morgan fingerprint density at radius 3 is 3.06 bits per heavy atom. The maximum atomic E-state index is 11.5. The monoisotopic (exact) mass is 234 g/mol. The average molecular weight is 234 g/mol. The van der Waals surface area contributed by atoms with Crippen molar-refractivity contribution in [1.29, 1.82) is 0 Å². The van der Waals surface area contributed by atoms with Gasteiger partial charge in [0.05, 0.1) is 11.6 Å². The zero-order valence-corrected chi connectivity index (χ0v) is 9.68. The molecule has 0 atom stereocenters. The lowest BCUT2D eigenvalue weighted by Gasteiger charge is -2.10. The first-order valence-electron chi connectivity index (χ1n) is 6.00. The van der Waals surface area contributed by atoms with Gasteiger partial charge in [0.1, 0.15) is 5.78 Å². The molecule has 1 heterocycles. The lowest BCUT2D eigenvalue weighted by molar-refractivity contribution is -0.117. The molecule has 1 aliphatic heterocycles. The fraction of sp³-hybridized carbons (Fsp3) is 0.133. The highest BCUT2D eigenvalue weighted by molar-refractivity contribution is 6.01. The van der Waals surface area contributed by atoms with Gasteiger partial charge in [0.2, 0.25) is 0 Å². The van der Waals surface area contributed by atoms with Gasteiger partial charge in [-0.25, -0.2) is 0 Å². The maximum Gasteiger partial charge on any atom is 0.141 e. The molecule has 3 heteroatoms. The molecular weight excluding hydrogens is 224 g/mol. The van der Waals surface area contributed by atoms with E-state index in [-0.39, 0.29) is 5.78 Å². The number of rotatable bonds is 0. The Morgan fingerprint density at radius 2 is 2.11 bits per heavy atom. The molecule has 0 saturated heterocycles. The van der Waals surface area contributed by atoms with Crippen LogP contribution in [0.2, 0.25) is 0 Å². The number of hydrogen-bond donors (Lipinski definition) is 0. The van der Waals surface area contributed by atoms with E-state index in [0.29, 0.717) is 12.8 Å². The van der Waals surface area contributed by atoms with E-state index in [0.717, 1.165) is 21.9 Å². The summed E-state index contributed by atoms with van der Waals surface area (Å²) in [4.78, 5) is 11.5. The molecule has 0 fully saturated rings. The van der Waals surface area contributed by atoms with Crippen LogP contribution >= 0.6 is 0 Å². The third kappa shape index (κ3) is 1.27. The molecule has 0 aromatic heterocycles. The maximum absolute atomic E-state index is 11.5. The molecular formula is C15H10N2O. The predicted molar refractivity (Wildman–Crippen MR) is 70.1 cm³/mol. The van der Waals surface area contributed by atoms with Crippen LogP contribution in [0.4, 0.5) is 0 Å². The zero-order valence-electron chi connectivity index (χ0n) is 9.68. The zero-order chi connectivity index (χ0) is 12.1. The predicted octanol–water partition coefficient (Wildman–Crippen LogP) is 1.10. The van der Waals surface area contributed by atoms with Crippen LogP contribution in [0.15, 0.2) is 34.5 Å². The second kappa shape index (κ2) is 3.35. The summed E-state index contributed by atoms with van der Waals surface area (Å²) in [6, 6.07) is 8.33. The molecule has 1 aliphatic carbocycles. The van der Waals surface area contributed by atoms with Crippen molar-refractivity contribution in [3.05, 3.63) is 46.0 Å². The van der Waals surface area contributed by atoms with Gasteiger partial charge >= 0.3 is 0 Å². The highest BCUT2D eigenvalue weighted by atomic mass is 16.1. The molecule has 86 valence electrons. The van der Waals surface area contributed by atoms with Crippen molar-refractivity contribution < 1.29 is 4.79 Å². The lowest BCUT2D eigenvalue weighted by atomic mass is 9.93. The first-order chi connectivity index (χ1) is 8.81. The van der Waals surface area contributed by atoms with Crippen molar-refractivity contribution in [2.75, 3.05) is 0 Å². The van der Waals surface area contributed by atoms with Crippen LogP contribution in [0.25, 0.3) is 16.8 Å². The van der Waals surface area contributed by atoms with Gasteiger partial charge < -0.3 is 0 Å². The first kappa shape index (κ1) is 9.71. The van der Waals surface area contributed by atoms with Gasteiger partial charge in [-0.1, -0.05) is 12.1 Å². The van der Waals surface area contributed by atoms with Crippen molar-refractivity contribution >= 4 is 28.8 Å². The molecule has 0 unspecified atom stereocenters. The van der Waals surface area contributed by atoms with Crippen molar-refractivity contribution in [1.82, 2.24) is 0 Å². The van der Waals surface area contributed by atoms with Crippen molar-refractivity contribution in [2.24, 2.45) is 10.2 Å². The van der Waals surface area contributed by atoms with E-state index in [2.05, 4.69) is 28.4 Å². The fourth-order valence-electron chi connectivity index (χ4n) is 2.67. The number of ketones is 1. The molecule has 0 N–H and O–H groups in total. The van der Waals surface area contributed by atoms with E-state index in [1.807, 2.05) is 12.1 Å². The quantitative estimate of drug-likeness (QED) is 0.673. The van der Waals surface area contributed by atoms with Crippen LogP contribution in [0.3, 0.4) is 0 Å². The molecule has 0 radical (unpaired) electrons. The van der Waals surface area contributed by atoms with Gasteiger partial charge in [-0.15, -0.1) is 0 Å². The normalized spacial score (nSPS) is 16.1. The standard InChI is InChI=1S/C15H10N2O/c18-12-3-1-9-5-10-2-4-15-14(8-16-17-15)13(10)7-11(9)6-12/h1-2,4-5,7-8H,3,6H2. The third-order valence-electron chi connectivity index (χ3n) is 3.59. The number of fused-ring (bicyclic) bond motifs is 4. The summed E-state index contributed by atoms with van der Waals surface area (Å²) in [6.45, 7) is 0. The van der Waals surface area contributed by atoms with Crippen LogP contribution in [-0.4, -0.2) is 12.0 Å². The Kier molecular flexibility index (Phi) is 1.81. The van der Waals surface area contributed by atoms with E-state index in [9.17, 15) is 4.79 Å². The fourth-order valence-corrected chi connectivity index (χ4v) is 2.67. The lowest BCUT2D eigenvalue weighted by Crippen LogP contribution is -2.20. The molecule has 3 nitrogen and oxygen atoms in total. The van der Waals surface area contributed by atoms with Gasteiger partial charge in [0.15, 0.2) is 0 Å². The van der Waals surface area contributed by atoms with E-state index in [1.54, 1.807) is 6.21 Å². The van der Waals surface area contributed by atoms with Gasteiger partial charge in [-0.2, -0.15) is 10.2 Å². The molecule has 0 saturated carbocycles. The highest BCUT2D eigenvalue weighted by Crippen LogP contribution is 2.18. The van der Waals surface area contributed by atoms with Gasteiger partial charge in [-0.3, -0.25) is 4.79 Å². The smallest absolute Gasteiger partial charge is 0.141 e. The van der Waals surface area contributed by atoms with E-state index in [1.165, 1.54) is 10.6 Å². The van der Waals surface area contributed by atoms with E-state index < -0.39 is 0 Å². The number of carbonyl (C=O) groups excluding carboxylic acids is 1. The number of hydrogen-bond acceptors (Lipinski definition) is 3. The molecule has 0 amide bonds. The number of Topliss-reactive ketones (excluding diaryl/α,β-unsaturated/α-hetero) is 1. The summed E-state index contributed by atoms with van der Waals surface area (Å²) in [6.07, 6.45) is 4.91. The third-order valence-corrected chi connectivity index (χ3v) is 3.59. The van der Waals surface area contributed by atoms with Crippen molar-refractivity contribution in [3.63, 3.8) is 0 Å². The second-order valence-corrected chi connectivity index (χ2v) is 4.74. The Hall–Kier alpha value is -2.29. The molecule has 0 spiro atoms. The summed E-state index contributed by atoms with van der Waals surface area (Å²) in [7, 11) is 0. The van der Waals surface area contributed by atoms with Crippen molar-refractivity contribution in [3.8, 4) is 0 Å². The Morgan fingerprint density at radius 1 is 1.17 bits per heavy atom. The summed E-state index contributed by atoms with van der Waals surface area (Å²) >= 11 is 0. The van der Waals surface area contributed by atoms with Crippen LogP contribution < -0.4 is 10.6 Å². The van der Waals surface area contributed by atoms with Gasteiger partial charge in [0, 0.05) is 18.4 Å². The highest BCUT2D eigenvalue weighted by Gasteiger charge is 2.13. The minimum atomic E-state index is 0.285. The molecule has 0 bridgehead atoms. The van der Waals surface area contributed by atoms with Crippen LogP contribution in [0, 0.1) is 0 Å². The number of carbonyl (C=O) groups is 1. The van der Waals surface area contributed by atoms with Crippen molar-refractivity contribution in [2.45, 2.75) is 12.8 Å². The molecule has 2 aromatic carbocycles. The Bertz CT molecular complexity index is 847. The summed E-state index contributed by atoms with van der Waals surface area (Å²) in [5.41, 5.74) is 2.18.